The number of amides is 1. The van der Waals surface area contributed by atoms with E-state index < -0.39 is 11.7 Å². The molecule has 1 amide bonds. The topological polar surface area (TPSA) is 55.2 Å². The summed E-state index contributed by atoms with van der Waals surface area (Å²) in [5.74, 6) is -0.324. The van der Waals surface area contributed by atoms with E-state index in [0.29, 0.717) is 28.8 Å². The molecule has 0 saturated heterocycles. The summed E-state index contributed by atoms with van der Waals surface area (Å²) >= 11 is 1.47. The summed E-state index contributed by atoms with van der Waals surface area (Å²) in [6, 6.07) is 10.5. The molecule has 31 heavy (non-hydrogen) atoms. The molecule has 0 spiro atoms. The molecule has 0 unspecified atom stereocenters. The number of para-hydroxylation sites is 1. The maximum atomic E-state index is 13.3. The number of aromatic nitrogens is 2. The number of nitrogens with zero attached hydrogens (tertiary/aromatic N) is 3. The lowest BCUT2D eigenvalue weighted by molar-refractivity contribution is -0.137. The van der Waals surface area contributed by atoms with Crippen molar-refractivity contribution in [2.24, 2.45) is 0 Å². The second kappa shape index (κ2) is 8.37. The minimum absolute atomic E-state index is 0.0192. The van der Waals surface area contributed by atoms with Crippen LogP contribution in [0.5, 0.6) is 0 Å². The summed E-state index contributed by atoms with van der Waals surface area (Å²) < 4.78 is 41.1. The van der Waals surface area contributed by atoms with Crippen LogP contribution >= 0.6 is 11.8 Å². The second-order valence-corrected chi connectivity index (χ2v) is 8.93. The van der Waals surface area contributed by atoms with Crippen LogP contribution in [-0.2, 0) is 17.5 Å². The van der Waals surface area contributed by atoms with Crippen LogP contribution in [0.4, 0.5) is 18.9 Å². The van der Waals surface area contributed by atoms with Crippen LogP contribution in [0, 0.1) is 0 Å². The minimum Gasteiger partial charge on any atom is -0.311 e. The zero-order valence-corrected chi connectivity index (χ0v) is 17.5. The maximum Gasteiger partial charge on any atom is 0.416 e. The number of fused-ring (bicyclic) bond motifs is 2. The van der Waals surface area contributed by atoms with Crippen molar-refractivity contribution < 1.29 is 18.0 Å². The van der Waals surface area contributed by atoms with Crippen LogP contribution in [-0.4, -0.2) is 27.3 Å². The Morgan fingerprint density at radius 2 is 2.00 bits per heavy atom. The van der Waals surface area contributed by atoms with E-state index in [2.05, 4.69) is 4.98 Å². The standard InChI is InChI=1S/C22H20F3N3O2S/c1-14-8-11-28(18-12-15(22(23,24)25)6-7-19(18)31-14)20(29)9-10-27-13-26-17-5-3-2-4-16(17)21(27)30/h2-7,12-14H,8-11H2,1H3/t14-/m0/s1. The normalized spacial score (nSPS) is 16.8. The highest BCUT2D eigenvalue weighted by Crippen LogP contribution is 2.41. The lowest BCUT2D eigenvalue weighted by Gasteiger charge is -2.24. The van der Waals surface area contributed by atoms with E-state index in [4.69, 9.17) is 0 Å². The van der Waals surface area contributed by atoms with Crippen LogP contribution in [0.15, 0.2) is 58.5 Å². The summed E-state index contributed by atoms with van der Waals surface area (Å²) in [7, 11) is 0. The molecule has 5 nitrogen and oxygen atoms in total. The molecule has 1 aliphatic heterocycles. The van der Waals surface area contributed by atoms with E-state index in [1.165, 1.54) is 33.6 Å². The quantitative estimate of drug-likeness (QED) is 0.583. The molecule has 0 aliphatic carbocycles. The van der Waals surface area contributed by atoms with Gasteiger partial charge in [-0.2, -0.15) is 13.2 Å². The third-order valence-electron chi connectivity index (χ3n) is 5.26. The monoisotopic (exact) mass is 447 g/mol. The van der Waals surface area contributed by atoms with E-state index in [1.807, 2.05) is 6.92 Å². The van der Waals surface area contributed by atoms with Gasteiger partial charge in [-0.15, -0.1) is 11.8 Å². The fourth-order valence-corrected chi connectivity index (χ4v) is 4.68. The van der Waals surface area contributed by atoms with E-state index in [1.54, 1.807) is 24.3 Å². The van der Waals surface area contributed by atoms with Gasteiger partial charge in [-0.3, -0.25) is 14.2 Å². The van der Waals surface area contributed by atoms with Gasteiger partial charge in [0.15, 0.2) is 0 Å². The summed E-state index contributed by atoms with van der Waals surface area (Å²) in [6.45, 7) is 2.41. The average molecular weight is 447 g/mol. The van der Waals surface area contributed by atoms with E-state index >= 15 is 0 Å². The average Bonchev–Trinajstić information content (AvgIpc) is 2.90. The first-order valence-electron chi connectivity index (χ1n) is 9.86. The van der Waals surface area contributed by atoms with Gasteiger partial charge in [0.05, 0.1) is 28.5 Å². The summed E-state index contributed by atoms with van der Waals surface area (Å²) in [5.41, 5.74) is -0.187. The third kappa shape index (κ3) is 4.46. The lowest BCUT2D eigenvalue weighted by atomic mass is 10.1. The number of carbonyl (C=O) groups excluding carboxylic acids is 1. The number of rotatable bonds is 3. The second-order valence-electron chi connectivity index (χ2n) is 7.45. The van der Waals surface area contributed by atoms with Crippen LogP contribution in [0.3, 0.4) is 0 Å². The fraction of sp³-hybridized carbons (Fsp3) is 0.318. The summed E-state index contributed by atoms with van der Waals surface area (Å²) in [5, 5.41) is 0.623. The number of alkyl halides is 3. The molecule has 4 rings (SSSR count). The number of benzene rings is 2. The molecule has 1 aromatic heterocycles. The van der Waals surface area contributed by atoms with Gasteiger partial charge in [-0.05, 0) is 36.8 Å². The minimum atomic E-state index is -4.49. The van der Waals surface area contributed by atoms with E-state index in [0.717, 1.165) is 12.1 Å². The van der Waals surface area contributed by atoms with Gasteiger partial charge in [-0.25, -0.2) is 4.98 Å². The largest absolute Gasteiger partial charge is 0.416 e. The van der Waals surface area contributed by atoms with Gasteiger partial charge >= 0.3 is 6.18 Å². The molecule has 0 radical (unpaired) electrons. The first-order chi connectivity index (χ1) is 14.7. The van der Waals surface area contributed by atoms with Gasteiger partial charge in [0.2, 0.25) is 5.91 Å². The summed E-state index contributed by atoms with van der Waals surface area (Å²) in [4.78, 5) is 32.0. The molecule has 0 saturated carbocycles. The third-order valence-corrected chi connectivity index (χ3v) is 6.50. The molecular weight excluding hydrogens is 427 g/mol. The van der Waals surface area contributed by atoms with Crippen molar-refractivity contribution in [2.75, 3.05) is 11.4 Å². The highest BCUT2D eigenvalue weighted by Gasteiger charge is 2.33. The zero-order valence-electron chi connectivity index (χ0n) is 16.7. The molecule has 1 atom stereocenters. The van der Waals surface area contributed by atoms with Crippen molar-refractivity contribution in [1.29, 1.82) is 0 Å². The fourth-order valence-electron chi connectivity index (χ4n) is 3.59. The highest BCUT2D eigenvalue weighted by atomic mass is 32.2. The van der Waals surface area contributed by atoms with Crippen molar-refractivity contribution >= 4 is 34.3 Å². The summed E-state index contributed by atoms with van der Waals surface area (Å²) in [6.07, 6.45) is -2.46. The van der Waals surface area contributed by atoms with Crippen LogP contribution in [0.25, 0.3) is 10.9 Å². The number of hydrogen-bond donors (Lipinski definition) is 0. The van der Waals surface area contributed by atoms with Crippen molar-refractivity contribution in [3.05, 3.63) is 64.7 Å². The van der Waals surface area contributed by atoms with E-state index in [9.17, 15) is 22.8 Å². The Kier molecular flexibility index (Phi) is 5.79. The van der Waals surface area contributed by atoms with Gasteiger partial charge in [0.25, 0.3) is 5.56 Å². The number of aryl methyl sites for hydroxylation is 1. The smallest absolute Gasteiger partial charge is 0.311 e. The number of thioether (sulfide) groups is 1. The predicted molar refractivity (Wildman–Crippen MR) is 114 cm³/mol. The molecular formula is C22H20F3N3O2S. The number of halogens is 3. The highest BCUT2D eigenvalue weighted by molar-refractivity contribution is 8.00. The molecule has 9 heteroatoms. The molecule has 1 aliphatic rings. The Hall–Kier alpha value is -2.81. The Bertz CT molecular complexity index is 1190. The van der Waals surface area contributed by atoms with Crippen molar-refractivity contribution in [1.82, 2.24) is 9.55 Å². The lowest BCUT2D eigenvalue weighted by Crippen LogP contribution is -2.34. The molecule has 0 fully saturated rings. The van der Waals surface area contributed by atoms with Crippen LogP contribution in [0.2, 0.25) is 0 Å². The SMILES string of the molecule is C[C@H]1CCN(C(=O)CCn2cnc3ccccc3c2=O)c2cc(C(F)(F)F)ccc2S1. The van der Waals surface area contributed by atoms with Crippen molar-refractivity contribution in [2.45, 2.75) is 42.6 Å². The first-order valence-corrected chi connectivity index (χ1v) is 10.7. The predicted octanol–water partition coefficient (Wildman–Crippen LogP) is 4.72. The molecule has 3 aromatic rings. The van der Waals surface area contributed by atoms with Crippen molar-refractivity contribution in [3.63, 3.8) is 0 Å². The van der Waals surface area contributed by atoms with Gasteiger partial charge in [0, 0.05) is 29.7 Å². The first kappa shape index (κ1) is 21.4. The molecule has 2 aromatic carbocycles. The van der Waals surface area contributed by atoms with Crippen LogP contribution in [0.1, 0.15) is 25.3 Å². The maximum absolute atomic E-state index is 13.3. The zero-order chi connectivity index (χ0) is 22.2. The Labute approximate surface area is 180 Å². The molecule has 0 N–H and O–H groups in total. The van der Waals surface area contributed by atoms with Crippen molar-refractivity contribution in [3.8, 4) is 0 Å². The van der Waals surface area contributed by atoms with Gasteiger partial charge in [0.1, 0.15) is 0 Å². The number of anilines is 1. The Morgan fingerprint density at radius 1 is 1.23 bits per heavy atom. The Morgan fingerprint density at radius 3 is 2.77 bits per heavy atom. The van der Waals surface area contributed by atoms with Crippen LogP contribution < -0.4 is 10.5 Å². The molecule has 2 heterocycles. The number of hydrogen-bond acceptors (Lipinski definition) is 4. The number of carbonyl (C=O) groups is 1. The van der Waals surface area contributed by atoms with E-state index in [-0.39, 0.29) is 35.4 Å². The Balaban J connectivity index is 1.60. The van der Waals surface area contributed by atoms with Gasteiger partial charge in [-0.1, -0.05) is 19.1 Å². The van der Waals surface area contributed by atoms with Gasteiger partial charge < -0.3 is 4.90 Å². The molecule has 0 bridgehead atoms. The molecule has 162 valence electrons.